The number of carbonyl (C=O) groups is 1. The summed E-state index contributed by atoms with van der Waals surface area (Å²) >= 11 is 0. The maximum atomic E-state index is 12.9. The SMILES string of the molecule is COc1ccc(C(=O)NC(=NCCc2c[nH]c3ccc(OC)cc23)Nc2nc(C)cc(C)n2)cc1. The molecule has 3 N–H and O–H groups in total. The molecule has 9 nitrogen and oxygen atoms in total. The number of benzene rings is 2. The van der Waals surface area contributed by atoms with Gasteiger partial charge in [0, 0.05) is 40.6 Å². The quantitative estimate of drug-likeness (QED) is 0.276. The van der Waals surface area contributed by atoms with Gasteiger partial charge in [0.05, 0.1) is 14.2 Å². The van der Waals surface area contributed by atoms with E-state index >= 15 is 0 Å². The van der Waals surface area contributed by atoms with Crippen LogP contribution in [0.2, 0.25) is 0 Å². The summed E-state index contributed by atoms with van der Waals surface area (Å²) in [5, 5.41) is 6.99. The zero-order valence-corrected chi connectivity index (χ0v) is 20.2. The molecule has 4 aromatic rings. The predicted octanol–water partition coefficient (Wildman–Crippen LogP) is 4.03. The lowest BCUT2D eigenvalue weighted by Crippen LogP contribution is -2.37. The molecule has 0 saturated heterocycles. The van der Waals surface area contributed by atoms with Gasteiger partial charge in [-0.25, -0.2) is 9.97 Å². The van der Waals surface area contributed by atoms with Gasteiger partial charge in [-0.1, -0.05) is 0 Å². The summed E-state index contributed by atoms with van der Waals surface area (Å²) in [4.78, 5) is 29.6. The molecule has 35 heavy (non-hydrogen) atoms. The molecule has 0 aliphatic heterocycles. The molecule has 9 heteroatoms. The summed E-state index contributed by atoms with van der Waals surface area (Å²) in [5.41, 5.74) is 4.23. The second kappa shape index (κ2) is 10.7. The number of rotatable bonds is 7. The number of hydrogen-bond acceptors (Lipinski definition) is 6. The molecule has 4 rings (SSSR count). The third-order valence-electron chi connectivity index (χ3n) is 5.42. The van der Waals surface area contributed by atoms with E-state index in [0.717, 1.165) is 33.6 Å². The second-order valence-corrected chi connectivity index (χ2v) is 7.99. The molecule has 2 aromatic carbocycles. The highest BCUT2D eigenvalue weighted by Gasteiger charge is 2.12. The van der Waals surface area contributed by atoms with Crippen LogP contribution in [0.15, 0.2) is 59.7 Å². The summed E-state index contributed by atoms with van der Waals surface area (Å²) < 4.78 is 10.5. The number of H-pyrrole nitrogens is 1. The fourth-order valence-electron chi connectivity index (χ4n) is 3.70. The predicted molar refractivity (Wildman–Crippen MR) is 136 cm³/mol. The molecule has 1 amide bonds. The highest BCUT2D eigenvalue weighted by molar-refractivity contribution is 6.09. The number of aromatic amines is 1. The average Bonchev–Trinajstić information content (AvgIpc) is 3.25. The van der Waals surface area contributed by atoms with Crippen molar-refractivity contribution in [1.29, 1.82) is 0 Å². The number of fused-ring (bicyclic) bond motifs is 1. The van der Waals surface area contributed by atoms with Crippen LogP contribution in [0.5, 0.6) is 11.5 Å². The topological polar surface area (TPSA) is 114 Å². The Morgan fingerprint density at radius 1 is 0.971 bits per heavy atom. The number of carbonyl (C=O) groups excluding carboxylic acids is 1. The molecule has 0 aliphatic rings. The lowest BCUT2D eigenvalue weighted by Gasteiger charge is -2.12. The number of methoxy groups -OCH3 is 2. The van der Waals surface area contributed by atoms with Crippen molar-refractivity contribution in [3.05, 3.63) is 77.2 Å². The molecule has 2 heterocycles. The zero-order chi connectivity index (χ0) is 24.8. The van der Waals surface area contributed by atoms with E-state index in [2.05, 4.69) is 30.6 Å². The van der Waals surface area contributed by atoms with Crippen molar-refractivity contribution in [3.8, 4) is 11.5 Å². The minimum atomic E-state index is -0.305. The standard InChI is InChI=1S/C26H28N6O3/c1-16-13-17(2)30-26(29-16)32-25(31-24(33)18-5-7-20(34-3)8-6-18)27-12-11-19-15-28-23-10-9-21(35-4)14-22(19)23/h5-10,13-15,28H,11-12H2,1-4H3,(H2,27,29,30,31,32,33). The second-order valence-electron chi connectivity index (χ2n) is 7.99. The monoisotopic (exact) mass is 472 g/mol. The van der Waals surface area contributed by atoms with E-state index in [1.165, 1.54) is 0 Å². The number of nitrogens with one attached hydrogen (secondary N) is 3. The van der Waals surface area contributed by atoms with Gasteiger partial charge in [-0.15, -0.1) is 0 Å². The van der Waals surface area contributed by atoms with Gasteiger partial charge in [0.15, 0.2) is 0 Å². The summed E-state index contributed by atoms with van der Waals surface area (Å²) in [7, 11) is 3.23. The Balaban J connectivity index is 1.54. The third kappa shape index (κ3) is 5.94. The van der Waals surface area contributed by atoms with Crippen LogP contribution in [0, 0.1) is 13.8 Å². The van der Waals surface area contributed by atoms with E-state index < -0.39 is 0 Å². The Labute approximate surface area is 203 Å². The van der Waals surface area contributed by atoms with Crippen LogP contribution in [0.25, 0.3) is 10.9 Å². The van der Waals surface area contributed by atoms with Crippen LogP contribution >= 0.6 is 0 Å². The van der Waals surface area contributed by atoms with Gasteiger partial charge in [-0.05, 0) is 74.4 Å². The molecule has 180 valence electrons. The molecular formula is C26H28N6O3. The van der Waals surface area contributed by atoms with Crippen LogP contribution in [0.3, 0.4) is 0 Å². The van der Waals surface area contributed by atoms with Crippen LogP contribution in [0.1, 0.15) is 27.3 Å². The Morgan fingerprint density at radius 3 is 2.34 bits per heavy atom. The smallest absolute Gasteiger partial charge is 0.257 e. The number of aryl methyl sites for hydroxylation is 2. The van der Waals surface area contributed by atoms with Crippen molar-refractivity contribution in [2.24, 2.45) is 4.99 Å². The number of aromatic nitrogens is 3. The van der Waals surface area contributed by atoms with E-state index in [4.69, 9.17) is 9.47 Å². The first kappa shape index (κ1) is 23.7. The fourth-order valence-corrected chi connectivity index (χ4v) is 3.70. The molecule has 0 atom stereocenters. The van der Waals surface area contributed by atoms with Crippen molar-refractivity contribution in [2.45, 2.75) is 20.3 Å². The Kier molecular flexibility index (Phi) is 7.25. The van der Waals surface area contributed by atoms with E-state index in [1.54, 1.807) is 38.5 Å². The van der Waals surface area contributed by atoms with Crippen molar-refractivity contribution in [3.63, 3.8) is 0 Å². The number of hydrogen-bond donors (Lipinski definition) is 3. The molecule has 2 aromatic heterocycles. The Morgan fingerprint density at radius 2 is 1.66 bits per heavy atom. The molecular weight excluding hydrogens is 444 g/mol. The summed E-state index contributed by atoms with van der Waals surface area (Å²) in [5.74, 6) is 1.80. The van der Waals surface area contributed by atoms with Crippen molar-refractivity contribution >= 4 is 28.7 Å². The number of guanidine groups is 1. The largest absolute Gasteiger partial charge is 0.497 e. The zero-order valence-electron chi connectivity index (χ0n) is 20.2. The molecule has 0 radical (unpaired) electrons. The lowest BCUT2D eigenvalue weighted by atomic mass is 10.1. The number of aliphatic imine (C=N–C) groups is 1. The average molecular weight is 473 g/mol. The fraction of sp³-hybridized carbons (Fsp3) is 0.231. The summed E-state index contributed by atoms with van der Waals surface area (Å²) in [6.45, 7) is 4.20. The van der Waals surface area contributed by atoms with Gasteiger partial charge in [-0.3, -0.25) is 20.4 Å². The van der Waals surface area contributed by atoms with E-state index in [-0.39, 0.29) is 11.9 Å². The first-order chi connectivity index (χ1) is 16.9. The van der Waals surface area contributed by atoms with Gasteiger partial charge in [-0.2, -0.15) is 0 Å². The molecule has 0 aliphatic carbocycles. The van der Waals surface area contributed by atoms with Crippen molar-refractivity contribution in [1.82, 2.24) is 20.3 Å². The summed E-state index contributed by atoms with van der Waals surface area (Å²) in [6, 6.07) is 14.6. The molecule has 0 saturated carbocycles. The van der Waals surface area contributed by atoms with E-state index in [9.17, 15) is 4.79 Å². The minimum absolute atomic E-state index is 0.272. The van der Waals surface area contributed by atoms with Gasteiger partial charge < -0.3 is 14.5 Å². The van der Waals surface area contributed by atoms with Crippen LogP contribution in [-0.2, 0) is 6.42 Å². The van der Waals surface area contributed by atoms with E-state index in [0.29, 0.717) is 30.2 Å². The van der Waals surface area contributed by atoms with Gasteiger partial charge in [0.1, 0.15) is 11.5 Å². The maximum absolute atomic E-state index is 12.9. The first-order valence-corrected chi connectivity index (χ1v) is 11.2. The van der Waals surface area contributed by atoms with Gasteiger partial charge >= 0.3 is 0 Å². The normalized spacial score (nSPS) is 11.4. The highest BCUT2D eigenvalue weighted by atomic mass is 16.5. The number of nitrogens with zero attached hydrogens (tertiary/aromatic N) is 3. The van der Waals surface area contributed by atoms with Gasteiger partial charge in [0.25, 0.3) is 5.91 Å². The molecule has 0 unspecified atom stereocenters. The third-order valence-corrected chi connectivity index (χ3v) is 5.42. The van der Waals surface area contributed by atoms with Crippen LogP contribution in [0.4, 0.5) is 5.95 Å². The number of amides is 1. The van der Waals surface area contributed by atoms with E-state index in [1.807, 2.05) is 44.3 Å². The minimum Gasteiger partial charge on any atom is -0.497 e. The highest BCUT2D eigenvalue weighted by Crippen LogP contribution is 2.24. The molecule has 0 fully saturated rings. The van der Waals surface area contributed by atoms with Crippen molar-refractivity contribution in [2.75, 3.05) is 26.1 Å². The molecule has 0 spiro atoms. The Hall–Kier alpha value is -4.40. The van der Waals surface area contributed by atoms with Crippen LogP contribution in [-0.4, -0.2) is 47.6 Å². The number of ether oxygens (including phenoxy) is 2. The molecule has 0 bridgehead atoms. The van der Waals surface area contributed by atoms with Crippen molar-refractivity contribution < 1.29 is 14.3 Å². The number of anilines is 1. The van der Waals surface area contributed by atoms with Gasteiger partial charge in [0.2, 0.25) is 11.9 Å². The summed E-state index contributed by atoms with van der Waals surface area (Å²) in [6.07, 6.45) is 2.63. The van der Waals surface area contributed by atoms with Crippen LogP contribution < -0.4 is 20.1 Å². The first-order valence-electron chi connectivity index (χ1n) is 11.2. The Bertz CT molecular complexity index is 1340. The lowest BCUT2D eigenvalue weighted by molar-refractivity contribution is 0.0977. The maximum Gasteiger partial charge on any atom is 0.257 e.